The third-order valence-corrected chi connectivity index (χ3v) is 5.25. The van der Waals surface area contributed by atoms with Gasteiger partial charge in [0, 0.05) is 25.2 Å². The molecule has 1 heterocycles. The minimum absolute atomic E-state index is 0.743. The first-order valence-corrected chi connectivity index (χ1v) is 9.18. The zero-order valence-corrected chi connectivity index (χ0v) is 14.0. The molecule has 4 atom stereocenters. The van der Waals surface area contributed by atoms with E-state index in [-0.39, 0.29) is 0 Å². The van der Waals surface area contributed by atoms with Gasteiger partial charge < -0.3 is 5.32 Å². The molecule has 0 aromatic heterocycles. The van der Waals surface area contributed by atoms with Crippen molar-refractivity contribution in [3.8, 4) is 0 Å². The molecule has 1 saturated carbocycles. The van der Waals surface area contributed by atoms with Crippen molar-refractivity contribution in [3.63, 3.8) is 0 Å². The fraction of sp³-hybridized carbons (Fsp3) is 1.00. The molecule has 1 aliphatic carbocycles. The Labute approximate surface area is 126 Å². The Morgan fingerprint density at radius 3 is 2.25 bits per heavy atom. The summed E-state index contributed by atoms with van der Waals surface area (Å²) in [4.78, 5) is 2.84. The van der Waals surface area contributed by atoms with Crippen LogP contribution in [0.5, 0.6) is 0 Å². The van der Waals surface area contributed by atoms with Crippen molar-refractivity contribution in [3.05, 3.63) is 0 Å². The van der Waals surface area contributed by atoms with Crippen LogP contribution in [0.3, 0.4) is 0 Å². The molecule has 0 bridgehead atoms. The highest BCUT2D eigenvalue weighted by atomic mass is 15.2. The van der Waals surface area contributed by atoms with Crippen molar-refractivity contribution < 1.29 is 0 Å². The van der Waals surface area contributed by atoms with E-state index >= 15 is 0 Å². The van der Waals surface area contributed by atoms with E-state index in [1.807, 2.05) is 0 Å². The number of hydrogen-bond acceptors (Lipinski definition) is 2. The average molecular weight is 280 g/mol. The molecule has 0 aromatic rings. The fourth-order valence-corrected chi connectivity index (χ4v) is 4.45. The Morgan fingerprint density at radius 1 is 0.950 bits per heavy atom. The van der Waals surface area contributed by atoms with Crippen LogP contribution in [0, 0.1) is 11.8 Å². The molecule has 2 fully saturated rings. The van der Waals surface area contributed by atoms with Crippen LogP contribution in [-0.4, -0.2) is 36.6 Å². The molecule has 2 rings (SSSR count). The monoisotopic (exact) mass is 280 g/mol. The van der Waals surface area contributed by atoms with Gasteiger partial charge in [0.1, 0.15) is 0 Å². The molecule has 20 heavy (non-hydrogen) atoms. The predicted octanol–water partition coefficient (Wildman–Crippen LogP) is 4.06. The smallest absolute Gasteiger partial charge is 0.0249 e. The van der Waals surface area contributed by atoms with Gasteiger partial charge in [0.15, 0.2) is 0 Å². The van der Waals surface area contributed by atoms with Crippen LogP contribution >= 0.6 is 0 Å². The number of nitrogens with one attached hydrogen (secondary N) is 1. The lowest BCUT2D eigenvalue weighted by molar-refractivity contribution is 0.0635. The second-order valence-corrected chi connectivity index (χ2v) is 7.52. The van der Waals surface area contributed by atoms with Gasteiger partial charge in [0.25, 0.3) is 0 Å². The first-order chi connectivity index (χ1) is 9.70. The third kappa shape index (κ3) is 4.73. The van der Waals surface area contributed by atoms with Crippen molar-refractivity contribution in [1.82, 2.24) is 10.2 Å². The van der Waals surface area contributed by atoms with Gasteiger partial charge >= 0.3 is 0 Å². The van der Waals surface area contributed by atoms with E-state index in [0.717, 1.165) is 23.9 Å². The Kier molecular flexibility index (Phi) is 6.83. The van der Waals surface area contributed by atoms with E-state index in [1.54, 1.807) is 0 Å². The molecule has 0 aromatic carbocycles. The van der Waals surface area contributed by atoms with E-state index in [1.165, 1.54) is 71.0 Å². The molecule has 2 heteroatoms. The fourth-order valence-electron chi connectivity index (χ4n) is 4.45. The molecule has 118 valence electrons. The van der Waals surface area contributed by atoms with Crippen LogP contribution in [0.15, 0.2) is 0 Å². The van der Waals surface area contributed by atoms with Gasteiger partial charge in [-0.2, -0.15) is 0 Å². The van der Waals surface area contributed by atoms with Gasteiger partial charge in [0.05, 0.1) is 0 Å². The molecule has 2 aliphatic rings. The Morgan fingerprint density at radius 2 is 1.60 bits per heavy atom. The van der Waals surface area contributed by atoms with Crippen LogP contribution in [0.25, 0.3) is 0 Å². The summed E-state index contributed by atoms with van der Waals surface area (Å²) in [5.41, 5.74) is 0. The Bertz CT molecular complexity index is 254. The lowest BCUT2D eigenvalue weighted by atomic mass is 9.86. The quantitative estimate of drug-likeness (QED) is 0.835. The summed E-state index contributed by atoms with van der Waals surface area (Å²) in [6, 6.07) is 1.54. The summed E-state index contributed by atoms with van der Waals surface area (Å²) in [7, 11) is 0. The van der Waals surface area contributed by atoms with Crippen molar-refractivity contribution in [2.24, 2.45) is 11.8 Å². The number of hydrogen-bond donors (Lipinski definition) is 1. The summed E-state index contributed by atoms with van der Waals surface area (Å²) in [6.45, 7) is 11.0. The van der Waals surface area contributed by atoms with Crippen molar-refractivity contribution in [2.45, 2.75) is 84.2 Å². The van der Waals surface area contributed by atoms with Gasteiger partial charge in [-0.3, -0.25) is 4.90 Å². The Hall–Kier alpha value is -0.0800. The standard InChI is InChI=1S/C18H36N2/c1-4-11-19-17-9-7-5-6-8-10-18(17)20-13-15(2)12-16(3)14-20/h15-19H,4-14H2,1-3H3. The summed E-state index contributed by atoms with van der Waals surface area (Å²) in [5, 5.41) is 3.87. The first kappa shape index (κ1) is 16.3. The number of piperidine rings is 1. The van der Waals surface area contributed by atoms with Gasteiger partial charge in [0.2, 0.25) is 0 Å². The van der Waals surface area contributed by atoms with Crippen LogP contribution in [0.2, 0.25) is 0 Å². The average Bonchev–Trinajstić information content (AvgIpc) is 2.36. The number of rotatable bonds is 4. The number of nitrogens with zero attached hydrogens (tertiary/aromatic N) is 1. The van der Waals surface area contributed by atoms with Crippen LogP contribution in [0.4, 0.5) is 0 Å². The van der Waals surface area contributed by atoms with Gasteiger partial charge in [-0.05, 0) is 44.1 Å². The highest BCUT2D eigenvalue weighted by molar-refractivity contribution is 4.89. The van der Waals surface area contributed by atoms with Gasteiger partial charge in [-0.1, -0.05) is 46.5 Å². The zero-order chi connectivity index (χ0) is 14.4. The summed E-state index contributed by atoms with van der Waals surface area (Å²) in [5.74, 6) is 1.77. The first-order valence-electron chi connectivity index (χ1n) is 9.18. The second kappa shape index (κ2) is 8.38. The maximum absolute atomic E-state index is 3.87. The minimum Gasteiger partial charge on any atom is -0.312 e. The molecule has 1 saturated heterocycles. The lowest BCUT2D eigenvalue weighted by Gasteiger charge is -2.44. The molecule has 0 amide bonds. The SMILES string of the molecule is CCCNC1CCCCCCC1N1CC(C)CC(C)C1. The zero-order valence-electron chi connectivity index (χ0n) is 14.0. The summed E-state index contributed by atoms with van der Waals surface area (Å²) in [6.07, 6.45) is 11.3. The van der Waals surface area contributed by atoms with Crippen molar-refractivity contribution in [2.75, 3.05) is 19.6 Å². The predicted molar refractivity (Wildman–Crippen MR) is 88.1 cm³/mol. The third-order valence-electron chi connectivity index (χ3n) is 5.25. The molecule has 0 radical (unpaired) electrons. The largest absolute Gasteiger partial charge is 0.312 e. The second-order valence-electron chi connectivity index (χ2n) is 7.52. The molecule has 0 spiro atoms. The maximum atomic E-state index is 3.87. The number of likely N-dealkylation sites (tertiary alicyclic amines) is 1. The van der Waals surface area contributed by atoms with E-state index in [0.29, 0.717) is 0 Å². The van der Waals surface area contributed by atoms with E-state index in [9.17, 15) is 0 Å². The highest BCUT2D eigenvalue weighted by Crippen LogP contribution is 2.28. The molecule has 4 unspecified atom stereocenters. The van der Waals surface area contributed by atoms with Crippen LogP contribution in [0.1, 0.15) is 72.1 Å². The normalized spacial score (nSPS) is 37.4. The van der Waals surface area contributed by atoms with Crippen molar-refractivity contribution in [1.29, 1.82) is 0 Å². The molecular weight excluding hydrogens is 244 g/mol. The van der Waals surface area contributed by atoms with Crippen LogP contribution in [-0.2, 0) is 0 Å². The molecule has 2 nitrogen and oxygen atoms in total. The molecular formula is C18H36N2. The summed E-state index contributed by atoms with van der Waals surface area (Å²) >= 11 is 0. The van der Waals surface area contributed by atoms with E-state index in [2.05, 4.69) is 31.0 Å². The molecule has 1 aliphatic heterocycles. The van der Waals surface area contributed by atoms with E-state index < -0.39 is 0 Å². The molecule has 1 N–H and O–H groups in total. The Balaban J connectivity index is 2.00. The topological polar surface area (TPSA) is 15.3 Å². The highest BCUT2D eigenvalue weighted by Gasteiger charge is 2.32. The lowest BCUT2D eigenvalue weighted by Crippen LogP contribution is -2.54. The minimum atomic E-state index is 0.743. The van der Waals surface area contributed by atoms with Gasteiger partial charge in [-0.15, -0.1) is 0 Å². The maximum Gasteiger partial charge on any atom is 0.0249 e. The van der Waals surface area contributed by atoms with Gasteiger partial charge in [-0.25, -0.2) is 0 Å². The van der Waals surface area contributed by atoms with E-state index in [4.69, 9.17) is 0 Å². The van der Waals surface area contributed by atoms with Crippen molar-refractivity contribution >= 4 is 0 Å². The van der Waals surface area contributed by atoms with Crippen LogP contribution < -0.4 is 5.32 Å². The summed E-state index contributed by atoms with van der Waals surface area (Å²) < 4.78 is 0.